The van der Waals surface area contributed by atoms with Crippen LogP contribution >= 0.6 is 0 Å². The summed E-state index contributed by atoms with van der Waals surface area (Å²) in [6, 6.07) is 5.87. The SMILES string of the molecule is CNCC1CCCN1C(=O)c1cccc2nccnc12. The normalized spacial score (nSPS) is 18.6. The first kappa shape index (κ1) is 13.0. The van der Waals surface area contributed by atoms with E-state index < -0.39 is 0 Å². The third-order valence-electron chi connectivity index (χ3n) is 3.81. The molecule has 0 spiro atoms. The lowest BCUT2D eigenvalue weighted by Crippen LogP contribution is -2.40. The monoisotopic (exact) mass is 270 g/mol. The molecular formula is C15H18N4O. The van der Waals surface area contributed by atoms with Crippen LogP contribution < -0.4 is 5.32 Å². The van der Waals surface area contributed by atoms with Crippen molar-refractivity contribution in [1.82, 2.24) is 20.2 Å². The van der Waals surface area contributed by atoms with Crippen LogP contribution in [0.1, 0.15) is 23.2 Å². The lowest BCUT2D eigenvalue weighted by atomic mass is 10.1. The minimum absolute atomic E-state index is 0.0638. The Morgan fingerprint density at radius 3 is 3.10 bits per heavy atom. The van der Waals surface area contributed by atoms with E-state index in [0.717, 1.165) is 31.4 Å². The maximum atomic E-state index is 12.8. The van der Waals surface area contributed by atoms with Crippen molar-refractivity contribution in [3.8, 4) is 0 Å². The van der Waals surface area contributed by atoms with Gasteiger partial charge in [0.15, 0.2) is 0 Å². The third-order valence-corrected chi connectivity index (χ3v) is 3.81. The minimum atomic E-state index is 0.0638. The number of nitrogens with zero attached hydrogens (tertiary/aromatic N) is 3. The van der Waals surface area contributed by atoms with E-state index in [-0.39, 0.29) is 11.9 Å². The maximum absolute atomic E-state index is 12.8. The van der Waals surface area contributed by atoms with Crippen LogP contribution in [-0.2, 0) is 0 Å². The second-order valence-corrected chi connectivity index (χ2v) is 5.08. The van der Waals surface area contributed by atoms with Crippen LogP contribution in [0.15, 0.2) is 30.6 Å². The number of nitrogens with one attached hydrogen (secondary N) is 1. The summed E-state index contributed by atoms with van der Waals surface area (Å²) in [6.45, 7) is 1.66. The summed E-state index contributed by atoms with van der Waals surface area (Å²) in [5, 5.41) is 3.16. The molecule has 0 saturated carbocycles. The number of likely N-dealkylation sites (N-methyl/N-ethyl adjacent to an activating group) is 1. The van der Waals surface area contributed by atoms with Gasteiger partial charge in [-0.1, -0.05) is 6.07 Å². The molecule has 1 aliphatic rings. The van der Waals surface area contributed by atoms with E-state index in [1.165, 1.54) is 0 Å². The number of benzene rings is 1. The van der Waals surface area contributed by atoms with E-state index in [2.05, 4.69) is 15.3 Å². The van der Waals surface area contributed by atoms with Gasteiger partial charge in [0.25, 0.3) is 5.91 Å². The van der Waals surface area contributed by atoms with Crippen molar-refractivity contribution in [3.63, 3.8) is 0 Å². The van der Waals surface area contributed by atoms with Gasteiger partial charge in [-0.25, -0.2) is 0 Å². The number of carbonyl (C=O) groups excluding carboxylic acids is 1. The van der Waals surface area contributed by atoms with Crippen molar-refractivity contribution in [3.05, 3.63) is 36.2 Å². The summed E-state index contributed by atoms with van der Waals surface area (Å²) >= 11 is 0. The second kappa shape index (κ2) is 5.54. The molecule has 0 aliphatic carbocycles. The van der Waals surface area contributed by atoms with E-state index >= 15 is 0 Å². The predicted octanol–water partition coefficient (Wildman–Crippen LogP) is 1.45. The maximum Gasteiger partial charge on any atom is 0.256 e. The zero-order valence-electron chi connectivity index (χ0n) is 11.5. The van der Waals surface area contributed by atoms with Crippen molar-refractivity contribution >= 4 is 16.9 Å². The quantitative estimate of drug-likeness (QED) is 0.917. The number of carbonyl (C=O) groups is 1. The van der Waals surface area contributed by atoms with E-state index in [4.69, 9.17) is 0 Å². The van der Waals surface area contributed by atoms with Crippen LogP contribution in [0.4, 0.5) is 0 Å². The molecule has 1 aliphatic heterocycles. The summed E-state index contributed by atoms with van der Waals surface area (Å²) in [5.74, 6) is 0.0638. The fraction of sp³-hybridized carbons (Fsp3) is 0.400. The highest BCUT2D eigenvalue weighted by atomic mass is 16.2. The average Bonchev–Trinajstić information content (AvgIpc) is 2.94. The van der Waals surface area contributed by atoms with Gasteiger partial charge in [-0.3, -0.25) is 14.8 Å². The van der Waals surface area contributed by atoms with Gasteiger partial charge in [-0.15, -0.1) is 0 Å². The number of aromatic nitrogens is 2. The molecule has 1 aromatic heterocycles. The average molecular weight is 270 g/mol. The Hall–Kier alpha value is -2.01. The van der Waals surface area contributed by atoms with Gasteiger partial charge in [-0.2, -0.15) is 0 Å². The molecule has 2 aromatic rings. The van der Waals surface area contributed by atoms with Crippen LogP contribution in [0.5, 0.6) is 0 Å². The van der Waals surface area contributed by atoms with Gasteiger partial charge in [0.2, 0.25) is 0 Å². The molecule has 1 N–H and O–H groups in total. The van der Waals surface area contributed by atoms with Crippen molar-refractivity contribution in [1.29, 1.82) is 0 Å². The summed E-state index contributed by atoms with van der Waals surface area (Å²) < 4.78 is 0. The van der Waals surface area contributed by atoms with Crippen molar-refractivity contribution in [2.45, 2.75) is 18.9 Å². The third kappa shape index (κ3) is 2.25. The Kier molecular flexibility index (Phi) is 3.60. The molecular weight excluding hydrogens is 252 g/mol. The lowest BCUT2D eigenvalue weighted by molar-refractivity contribution is 0.0739. The molecule has 5 heteroatoms. The van der Waals surface area contributed by atoms with Gasteiger partial charge in [0.05, 0.1) is 11.1 Å². The van der Waals surface area contributed by atoms with Crippen molar-refractivity contribution in [2.75, 3.05) is 20.1 Å². The molecule has 5 nitrogen and oxygen atoms in total. The molecule has 104 valence electrons. The molecule has 2 heterocycles. The fourth-order valence-electron chi connectivity index (χ4n) is 2.87. The highest BCUT2D eigenvalue weighted by molar-refractivity contribution is 6.04. The van der Waals surface area contributed by atoms with E-state index in [9.17, 15) is 4.79 Å². The molecule has 0 bridgehead atoms. The van der Waals surface area contributed by atoms with Crippen LogP contribution in [0.2, 0.25) is 0 Å². The number of likely N-dealkylation sites (tertiary alicyclic amines) is 1. The van der Waals surface area contributed by atoms with E-state index in [1.54, 1.807) is 12.4 Å². The number of para-hydroxylation sites is 1. The number of fused-ring (bicyclic) bond motifs is 1. The first-order valence-electron chi connectivity index (χ1n) is 6.96. The smallest absolute Gasteiger partial charge is 0.256 e. The molecule has 1 amide bonds. The standard InChI is InChI=1S/C15H18N4O/c1-16-10-11-4-3-9-19(11)15(20)12-5-2-6-13-14(12)18-8-7-17-13/h2,5-8,11,16H,3-4,9-10H2,1H3. The van der Waals surface area contributed by atoms with Crippen LogP contribution in [0, 0.1) is 0 Å². The topological polar surface area (TPSA) is 58.1 Å². The van der Waals surface area contributed by atoms with Crippen LogP contribution in [0.25, 0.3) is 11.0 Å². The van der Waals surface area contributed by atoms with E-state index in [1.807, 2.05) is 30.1 Å². The number of amides is 1. The van der Waals surface area contributed by atoms with Gasteiger partial charge >= 0.3 is 0 Å². The Balaban J connectivity index is 1.96. The summed E-state index contributed by atoms with van der Waals surface area (Å²) in [4.78, 5) is 23.3. The van der Waals surface area contributed by atoms with E-state index in [0.29, 0.717) is 11.1 Å². The first-order valence-corrected chi connectivity index (χ1v) is 6.96. The Morgan fingerprint density at radius 1 is 1.40 bits per heavy atom. The zero-order chi connectivity index (χ0) is 13.9. The second-order valence-electron chi connectivity index (χ2n) is 5.08. The number of hydrogen-bond donors (Lipinski definition) is 1. The molecule has 0 radical (unpaired) electrons. The molecule has 3 rings (SSSR count). The molecule has 1 saturated heterocycles. The molecule has 1 unspecified atom stereocenters. The highest BCUT2D eigenvalue weighted by Crippen LogP contribution is 2.22. The van der Waals surface area contributed by atoms with Crippen LogP contribution in [0.3, 0.4) is 0 Å². The first-order chi connectivity index (χ1) is 9.81. The lowest BCUT2D eigenvalue weighted by Gasteiger charge is -2.24. The fourth-order valence-corrected chi connectivity index (χ4v) is 2.87. The zero-order valence-corrected chi connectivity index (χ0v) is 11.5. The van der Waals surface area contributed by atoms with Gasteiger partial charge < -0.3 is 10.2 Å². The van der Waals surface area contributed by atoms with Crippen molar-refractivity contribution in [2.24, 2.45) is 0 Å². The highest BCUT2D eigenvalue weighted by Gasteiger charge is 2.29. The molecule has 1 aromatic carbocycles. The minimum Gasteiger partial charge on any atom is -0.334 e. The summed E-state index contributed by atoms with van der Waals surface area (Å²) in [7, 11) is 1.92. The van der Waals surface area contributed by atoms with Crippen molar-refractivity contribution < 1.29 is 4.79 Å². The summed E-state index contributed by atoms with van der Waals surface area (Å²) in [6.07, 6.45) is 5.40. The Labute approximate surface area is 118 Å². The summed E-state index contributed by atoms with van der Waals surface area (Å²) in [5.41, 5.74) is 2.11. The van der Waals surface area contributed by atoms with Gasteiger partial charge in [-0.05, 0) is 32.0 Å². The Morgan fingerprint density at radius 2 is 2.25 bits per heavy atom. The van der Waals surface area contributed by atoms with Gasteiger partial charge in [0, 0.05) is 31.5 Å². The largest absolute Gasteiger partial charge is 0.334 e. The number of hydrogen-bond acceptors (Lipinski definition) is 4. The van der Waals surface area contributed by atoms with Crippen LogP contribution in [-0.4, -0.2) is 47.0 Å². The Bertz CT molecular complexity index is 623. The number of rotatable bonds is 3. The molecule has 1 fully saturated rings. The van der Waals surface area contributed by atoms with Gasteiger partial charge in [0.1, 0.15) is 5.52 Å². The molecule has 1 atom stereocenters. The molecule has 20 heavy (non-hydrogen) atoms. The predicted molar refractivity (Wildman–Crippen MR) is 77.5 cm³/mol.